The first-order chi connectivity index (χ1) is 8.08. The molecular formula is C12H10F2INS. The average Bonchev–Trinajstić information content (AvgIpc) is 2.72. The summed E-state index contributed by atoms with van der Waals surface area (Å²) in [6.07, 6.45) is 0.302. The monoisotopic (exact) mass is 365 g/mol. The second kappa shape index (κ2) is 5.41. The van der Waals surface area contributed by atoms with Crippen molar-refractivity contribution >= 4 is 33.9 Å². The van der Waals surface area contributed by atoms with E-state index in [-0.39, 0.29) is 6.04 Å². The van der Waals surface area contributed by atoms with Crippen LogP contribution < -0.4 is 5.73 Å². The van der Waals surface area contributed by atoms with Crippen LogP contribution in [0.1, 0.15) is 17.2 Å². The molecule has 1 nitrogen and oxygen atoms in total. The standard InChI is InChI=1S/C12H10F2INS/c13-9-3-1-2-7(12(9)14)4-10(16)8-5-11(15)17-6-8/h1-3,5-6,10H,4,16H2. The van der Waals surface area contributed by atoms with Gasteiger partial charge in [-0.25, -0.2) is 8.78 Å². The molecule has 0 aliphatic rings. The quantitative estimate of drug-likeness (QED) is 0.822. The summed E-state index contributed by atoms with van der Waals surface area (Å²) in [6, 6.07) is 5.84. The topological polar surface area (TPSA) is 26.0 Å². The van der Waals surface area contributed by atoms with Crippen molar-refractivity contribution in [3.05, 3.63) is 55.3 Å². The molecule has 1 aromatic carbocycles. The van der Waals surface area contributed by atoms with Gasteiger partial charge in [0.25, 0.3) is 0 Å². The van der Waals surface area contributed by atoms with Gasteiger partial charge in [0.2, 0.25) is 0 Å². The van der Waals surface area contributed by atoms with Crippen LogP contribution in [0.15, 0.2) is 29.6 Å². The van der Waals surface area contributed by atoms with Crippen LogP contribution in [0.25, 0.3) is 0 Å². The van der Waals surface area contributed by atoms with Crippen molar-refractivity contribution in [3.8, 4) is 0 Å². The molecule has 0 spiro atoms. The van der Waals surface area contributed by atoms with E-state index in [1.807, 2.05) is 11.4 Å². The molecule has 2 aromatic rings. The maximum atomic E-state index is 13.5. The second-order valence-electron chi connectivity index (χ2n) is 3.71. The third-order valence-corrected chi connectivity index (χ3v) is 4.29. The highest BCUT2D eigenvalue weighted by Crippen LogP contribution is 2.24. The fourth-order valence-electron chi connectivity index (χ4n) is 1.58. The molecule has 17 heavy (non-hydrogen) atoms. The highest BCUT2D eigenvalue weighted by atomic mass is 127. The van der Waals surface area contributed by atoms with Crippen LogP contribution in [0.2, 0.25) is 0 Å². The Balaban J connectivity index is 2.18. The van der Waals surface area contributed by atoms with Gasteiger partial charge in [0.1, 0.15) is 0 Å². The first kappa shape index (κ1) is 12.9. The molecule has 90 valence electrons. The Labute approximate surface area is 116 Å². The number of hydrogen-bond acceptors (Lipinski definition) is 2. The summed E-state index contributed by atoms with van der Waals surface area (Å²) in [7, 11) is 0. The van der Waals surface area contributed by atoms with Crippen LogP contribution in [0.5, 0.6) is 0 Å². The van der Waals surface area contributed by atoms with Crippen molar-refractivity contribution in [1.29, 1.82) is 0 Å². The Bertz CT molecular complexity index is 527. The minimum absolute atomic E-state index is 0.300. The average molecular weight is 365 g/mol. The van der Waals surface area contributed by atoms with E-state index in [9.17, 15) is 8.78 Å². The van der Waals surface area contributed by atoms with Gasteiger partial charge in [-0.3, -0.25) is 0 Å². The summed E-state index contributed by atoms with van der Waals surface area (Å²) in [5, 5.41) is 1.95. The lowest BCUT2D eigenvalue weighted by atomic mass is 10.0. The summed E-state index contributed by atoms with van der Waals surface area (Å²) in [4.78, 5) is 0. The number of thiophene rings is 1. The van der Waals surface area contributed by atoms with Crippen LogP contribution in [-0.4, -0.2) is 0 Å². The van der Waals surface area contributed by atoms with Gasteiger partial charge in [-0.2, -0.15) is 0 Å². The molecule has 2 N–H and O–H groups in total. The molecule has 1 heterocycles. The van der Waals surface area contributed by atoms with E-state index in [1.54, 1.807) is 17.4 Å². The minimum Gasteiger partial charge on any atom is -0.324 e. The Morgan fingerprint density at radius 2 is 2.12 bits per heavy atom. The van der Waals surface area contributed by atoms with Gasteiger partial charge >= 0.3 is 0 Å². The zero-order valence-corrected chi connectivity index (χ0v) is 11.8. The van der Waals surface area contributed by atoms with E-state index in [0.29, 0.717) is 12.0 Å². The largest absolute Gasteiger partial charge is 0.324 e. The Morgan fingerprint density at radius 1 is 1.35 bits per heavy atom. The Morgan fingerprint density at radius 3 is 2.76 bits per heavy atom. The smallest absolute Gasteiger partial charge is 0.162 e. The second-order valence-corrected chi connectivity index (χ2v) is 6.51. The van der Waals surface area contributed by atoms with Gasteiger partial charge < -0.3 is 5.73 Å². The van der Waals surface area contributed by atoms with Crippen molar-refractivity contribution in [1.82, 2.24) is 0 Å². The molecule has 0 bridgehead atoms. The molecule has 1 unspecified atom stereocenters. The summed E-state index contributed by atoms with van der Waals surface area (Å²) < 4.78 is 27.6. The van der Waals surface area contributed by atoms with Gasteiger partial charge in [0, 0.05) is 6.04 Å². The molecule has 5 heteroatoms. The maximum Gasteiger partial charge on any atom is 0.162 e. The van der Waals surface area contributed by atoms with Gasteiger partial charge in [-0.1, -0.05) is 12.1 Å². The van der Waals surface area contributed by atoms with E-state index in [2.05, 4.69) is 22.6 Å². The van der Waals surface area contributed by atoms with Crippen molar-refractivity contribution in [3.63, 3.8) is 0 Å². The van der Waals surface area contributed by atoms with Crippen molar-refractivity contribution in [2.75, 3.05) is 0 Å². The molecule has 1 aromatic heterocycles. The molecule has 0 amide bonds. The number of benzene rings is 1. The van der Waals surface area contributed by atoms with Gasteiger partial charge in [-0.05, 0) is 57.7 Å². The molecule has 0 fully saturated rings. The number of rotatable bonds is 3. The van der Waals surface area contributed by atoms with Crippen LogP contribution in [0, 0.1) is 14.5 Å². The molecule has 0 aliphatic carbocycles. The molecule has 0 aliphatic heterocycles. The molecule has 1 atom stereocenters. The highest BCUT2D eigenvalue weighted by Gasteiger charge is 2.13. The predicted molar refractivity (Wildman–Crippen MR) is 74.0 cm³/mol. The Hall–Kier alpha value is -0.530. The van der Waals surface area contributed by atoms with E-state index in [4.69, 9.17) is 5.73 Å². The SMILES string of the molecule is NC(Cc1cccc(F)c1F)c1csc(I)c1. The predicted octanol–water partition coefficient (Wildman–Crippen LogP) is 3.87. The minimum atomic E-state index is -0.824. The van der Waals surface area contributed by atoms with Crippen LogP contribution in [-0.2, 0) is 6.42 Å². The molecule has 2 rings (SSSR count). The van der Waals surface area contributed by atoms with Crippen molar-refractivity contribution in [2.24, 2.45) is 5.73 Å². The summed E-state index contributed by atoms with van der Waals surface area (Å²) in [5.41, 5.74) is 7.25. The normalized spacial score (nSPS) is 12.7. The fourth-order valence-corrected chi connectivity index (χ4v) is 3.02. The molecular weight excluding hydrogens is 355 g/mol. The van der Waals surface area contributed by atoms with Gasteiger partial charge in [-0.15, -0.1) is 11.3 Å². The Kier molecular flexibility index (Phi) is 4.11. The third-order valence-electron chi connectivity index (χ3n) is 2.49. The zero-order valence-electron chi connectivity index (χ0n) is 8.79. The first-order valence-electron chi connectivity index (χ1n) is 5.00. The van der Waals surface area contributed by atoms with Gasteiger partial charge in [0.05, 0.1) is 2.88 Å². The van der Waals surface area contributed by atoms with E-state index < -0.39 is 11.6 Å². The lowest BCUT2D eigenvalue weighted by Crippen LogP contribution is -2.13. The first-order valence-corrected chi connectivity index (χ1v) is 6.96. The van der Waals surface area contributed by atoms with Crippen LogP contribution in [0.3, 0.4) is 0 Å². The maximum absolute atomic E-state index is 13.5. The van der Waals surface area contributed by atoms with Crippen molar-refractivity contribution in [2.45, 2.75) is 12.5 Å². The number of nitrogens with two attached hydrogens (primary N) is 1. The molecule has 0 saturated carbocycles. The van der Waals surface area contributed by atoms with E-state index in [0.717, 1.165) is 14.5 Å². The molecule has 0 radical (unpaired) electrons. The van der Waals surface area contributed by atoms with Gasteiger partial charge in [0.15, 0.2) is 11.6 Å². The highest BCUT2D eigenvalue weighted by molar-refractivity contribution is 14.1. The zero-order chi connectivity index (χ0) is 12.4. The van der Waals surface area contributed by atoms with Crippen LogP contribution in [0.4, 0.5) is 8.78 Å². The van der Waals surface area contributed by atoms with E-state index in [1.165, 1.54) is 6.07 Å². The van der Waals surface area contributed by atoms with E-state index >= 15 is 0 Å². The summed E-state index contributed by atoms with van der Waals surface area (Å²) in [6.45, 7) is 0. The lowest BCUT2D eigenvalue weighted by molar-refractivity contribution is 0.494. The summed E-state index contributed by atoms with van der Waals surface area (Å²) >= 11 is 3.80. The third kappa shape index (κ3) is 3.02. The number of halogens is 3. The molecule has 0 saturated heterocycles. The lowest BCUT2D eigenvalue weighted by Gasteiger charge is -2.10. The van der Waals surface area contributed by atoms with Crippen LogP contribution >= 0.6 is 33.9 Å². The van der Waals surface area contributed by atoms with Crippen molar-refractivity contribution < 1.29 is 8.78 Å². The summed E-state index contributed by atoms with van der Waals surface area (Å²) in [5.74, 6) is -1.62. The number of hydrogen-bond donors (Lipinski definition) is 1. The fraction of sp³-hybridized carbons (Fsp3) is 0.167.